The predicted octanol–water partition coefficient (Wildman–Crippen LogP) is 3.13. The molecular weight excluding hydrogens is 408 g/mol. The van der Waals surface area contributed by atoms with Crippen LogP contribution in [0.15, 0.2) is 58.8 Å². The Morgan fingerprint density at radius 2 is 1.72 bits per heavy atom. The number of nitrogens with one attached hydrogen (secondary N) is 2. The Balaban J connectivity index is 1.43. The summed E-state index contributed by atoms with van der Waals surface area (Å²) in [5.41, 5.74) is 1.64. The molecule has 3 aromatic rings. The summed E-state index contributed by atoms with van der Waals surface area (Å²) < 4.78 is 28.2. The molecule has 0 saturated carbocycles. The number of ketones is 1. The van der Waals surface area contributed by atoms with Gasteiger partial charge in [-0.15, -0.1) is 11.3 Å². The molecule has 8 heteroatoms. The number of amides is 1. The summed E-state index contributed by atoms with van der Waals surface area (Å²) in [6.45, 7) is 1.92. The number of carbonyl (C=O) groups excluding carboxylic acids is 2. The molecule has 0 bridgehead atoms. The van der Waals surface area contributed by atoms with Gasteiger partial charge in [0, 0.05) is 29.8 Å². The van der Waals surface area contributed by atoms with Crippen LogP contribution in [-0.2, 0) is 21.2 Å². The van der Waals surface area contributed by atoms with Crippen LogP contribution in [0.3, 0.4) is 0 Å². The van der Waals surface area contributed by atoms with Crippen molar-refractivity contribution in [3.05, 3.63) is 65.0 Å². The van der Waals surface area contributed by atoms with E-state index in [4.69, 9.17) is 0 Å². The van der Waals surface area contributed by atoms with Crippen molar-refractivity contribution in [2.75, 3.05) is 13.1 Å². The third kappa shape index (κ3) is 5.50. The van der Waals surface area contributed by atoms with Gasteiger partial charge in [-0.2, -0.15) is 0 Å². The Hall–Kier alpha value is -2.55. The average molecular weight is 431 g/mol. The molecule has 152 valence electrons. The Morgan fingerprint density at radius 1 is 1.00 bits per heavy atom. The van der Waals surface area contributed by atoms with Gasteiger partial charge < -0.3 is 5.32 Å². The van der Waals surface area contributed by atoms with Gasteiger partial charge in [0.1, 0.15) is 0 Å². The summed E-state index contributed by atoms with van der Waals surface area (Å²) >= 11 is 1.68. The fourth-order valence-electron chi connectivity index (χ4n) is 2.90. The van der Waals surface area contributed by atoms with E-state index in [0.717, 1.165) is 6.42 Å². The number of carbonyl (C=O) groups is 2. The molecule has 0 spiro atoms. The van der Waals surface area contributed by atoms with Gasteiger partial charge >= 0.3 is 0 Å². The molecule has 0 saturated heterocycles. The molecular formula is C21H22N2O4S2. The normalized spacial score (nSPS) is 11.5. The number of rotatable bonds is 9. The first-order valence-corrected chi connectivity index (χ1v) is 11.6. The molecule has 1 aromatic heterocycles. The number of sulfonamides is 1. The molecule has 6 nitrogen and oxygen atoms in total. The molecule has 0 radical (unpaired) electrons. The number of hydrogen-bond acceptors (Lipinski definition) is 5. The molecule has 3 rings (SSSR count). The smallest absolute Gasteiger partial charge is 0.240 e. The molecule has 0 aliphatic rings. The van der Waals surface area contributed by atoms with Crippen LogP contribution in [-0.4, -0.2) is 33.2 Å². The molecule has 1 amide bonds. The highest BCUT2D eigenvalue weighted by Crippen LogP contribution is 2.25. The highest BCUT2D eigenvalue weighted by atomic mass is 32.2. The van der Waals surface area contributed by atoms with E-state index in [9.17, 15) is 18.0 Å². The monoisotopic (exact) mass is 430 g/mol. The summed E-state index contributed by atoms with van der Waals surface area (Å²) in [7, 11) is -3.72. The molecule has 29 heavy (non-hydrogen) atoms. The molecule has 0 unspecified atom stereocenters. The van der Waals surface area contributed by atoms with Gasteiger partial charge in [0.15, 0.2) is 5.78 Å². The van der Waals surface area contributed by atoms with E-state index in [2.05, 4.69) is 27.6 Å². The Kier molecular flexibility index (Phi) is 6.79. The van der Waals surface area contributed by atoms with Crippen LogP contribution >= 0.6 is 11.3 Å². The molecule has 0 fully saturated rings. The third-order valence-electron chi connectivity index (χ3n) is 4.49. The zero-order valence-corrected chi connectivity index (χ0v) is 17.6. The van der Waals surface area contributed by atoms with Crippen LogP contribution < -0.4 is 10.0 Å². The summed E-state index contributed by atoms with van der Waals surface area (Å²) in [5, 5.41) is 6.13. The number of Topliss-reactive ketones (excluding diaryl/α,β-unsaturated/α-hetero) is 1. The minimum Gasteiger partial charge on any atom is -0.356 e. The Labute approximate surface area is 174 Å². The maximum atomic E-state index is 12.3. The van der Waals surface area contributed by atoms with Crippen molar-refractivity contribution in [1.29, 1.82) is 0 Å². The van der Waals surface area contributed by atoms with Gasteiger partial charge in [-0.3, -0.25) is 9.59 Å². The van der Waals surface area contributed by atoms with E-state index in [0.29, 0.717) is 12.1 Å². The summed E-state index contributed by atoms with van der Waals surface area (Å²) in [6.07, 6.45) is 0.777. The predicted molar refractivity (Wildman–Crippen MR) is 115 cm³/mol. The summed E-state index contributed by atoms with van der Waals surface area (Å²) in [4.78, 5) is 23.3. The van der Waals surface area contributed by atoms with E-state index < -0.39 is 10.0 Å². The number of benzene rings is 2. The molecule has 2 N–H and O–H groups in total. The van der Waals surface area contributed by atoms with Crippen LogP contribution in [0.5, 0.6) is 0 Å². The molecule has 0 aliphatic carbocycles. The fourth-order valence-corrected chi connectivity index (χ4v) is 4.93. The number of thiophene rings is 1. The first-order chi connectivity index (χ1) is 13.9. The Bertz CT molecular complexity index is 1120. The van der Waals surface area contributed by atoms with E-state index in [1.165, 1.54) is 46.8 Å². The molecule has 1 heterocycles. The lowest BCUT2D eigenvalue weighted by molar-refractivity contribution is -0.120. The fraction of sp³-hybridized carbons (Fsp3) is 0.238. The van der Waals surface area contributed by atoms with Crippen LogP contribution in [0, 0.1) is 0 Å². The summed E-state index contributed by atoms with van der Waals surface area (Å²) in [5.74, 6) is -0.340. The van der Waals surface area contributed by atoms with Crippen molar-refractivity contribution in [2.45, 2.75) is 24.7 Å². The maximum Gasteiger partial charge on any atom is 0.240 e. The zero-order chi connectivity index (χ0) is 20.9. The van der Waals surface area contributed by atoms with Gasteiger partial charge in [0.2, 0.25) is 15.9 Å². The van der Waals surface area contributed by atoms with Crippen LogP contribution in [0.1, 0.15) is 29.3 Å². The van der Waals surface area contributed by atoms with Crippen LogP contribution in [0.4, 0.5) is 0 Å². The first-order valence-electron chi connectivity index (χ1n) is 9.19. The lowest BCUT2D eigenvalue weighted by Gasteiger charge is -2.08. The SMILES string of the molecule is CC(=O)c1ccc(S(=O)(=O)NCCC(=O)NCCc2csc3ccccc23)cc1. The first kappa shape index (κ1) is 21.2. The highest BCUT2D eigenvalue weighted by molar-refractivity contribution is 7.89. The van der Waals surface area contributed by atoms with Gasteiger partial charge in [0.05, 0.1) is 4.90 Å². The van der Waals surface area contributed by atoms with Crippen molar-refractivity contribution < 1.29 is 18.0 Å². The second kappa shape index (κ2) is 9.30. The highest BCUT2D eigenvalue weighted by Gasteiger charge is 2.14. The van der Waals surface area contributed by atoms with E-state index >= 15 is 0 Å². The Morgan fingerprint density at radius 3 is 2.45 bits per heavy atom. The second-order valence-electron chi connectivity index (χ2n) is 6.59. The zero-order valence-electron chi connectivity index (χ0n) is 16.0. The number of hydrogen-bond donors (Lipinski definition) is 2. The van der Waals surface area contributed by atoms with Crippen molar-refractivity contribution in [3.8, 4) is 0 Å². The minimum atomic E-state index is -3.72. The largest absolute Gasteiger partial charge is 0.356 e. The van der Waals surface area contributed by atoms with Crippen molar-refractivity contribution >= 4 is 43.1 Å². The van der Waals surface area contributed by atoms with Crippen molar-refractivity contribution in [1.82, 2.24) is 10.0 Å². The molecule has 2 aromatic carbocycles. The average Bonchev–Trinajstić information content (AvgIpc) is 3.11. The van der Waals surface area contributed by atoms with E-state index in [1.54, 1.807) is 11.3 Å². The molecule has 0 atom stereocenters. The lowest BCUT2D eigenvalue weighted by Crippen LogP contribution is -2.31. The van der Waals surface area contributed by atoms with Crippen molar-refractivity contribution in [3.63, 3.8) is 0 Å². The number of fused-ring (bicyclic) bond motifs is 1. The maximum absolute atomic E-state index is 12.3. The van der Waals surface area contributed by atoms with Crippen LogP contribution in [0.25, 0.3) is 10.1 Å². The summed E-state index contributed by atoms with van der Waals surface area (Å²) in [6, 6.07) is 13.8. The third-order valence-corrected chi connectivity index (χ3v) is 6.98. The topological polar surface area (TPSA) is 92.3 Å². The van der Waals surface area contributed by atoms with E-state index in [-0.39, 0.29) is 29.6 Å². The lowest BCUT2D eigenvalue weighted by atomic mass is 10.1. The van der Waals surface area contributed by atoms with Gasteiger partial charge in [-0.1, -0.05) is 30.3 Å². The van der Waals surface area contributed by atoms with Crippen molar-refractivity contribution in [2.24, 2.45) is 0 Å². The van der Waals surface area contributed by atoms with Crippen LogP contribution in [0.2, 0.25) is 0 Å². The van der Waals surface area contributed by atoms with Gasteiger partial charge in [0.25, 0.3) is 0 Å². The molecule has 0 aliphatic heterocycles. The quantitative estimate of drug-likeness (QED) is 0.510. The van der Waals surface area contributed by atoms with Gasteiger partial charge in [-0.05, 0) is 47.9 Å². The van der Waals surface area contributed by atoms with Gasteiger partial charge in [-0.25, -0.2) is 13.1 Å². The second-order valence-corrected chi connectivity index (χ2v) is 9.26. The standard InChI is InChI=1S/C21H22N2O4S2/c1-15(24)16-6-8-18(9-7-16)29(26,27)23-13-11-21(25)22-12-10-17-14-28-20-5-3-2-4-19(17)20/h2-9,14,23H,10-13H2,1H3,(H,22,25). The van der Waals surface area contributed by atoms with E-state index in [1.807, 2.05) is 12.1 Å². The minimum absolute atomic E-state index is 0.00398.